The highest BCUT2D eigenvalue weighted by Gasteiger charge is 2.30. The molecule has 0 aromatic carbocycles. The number of phosphoric ester groups is 2. The maximum atomic E-state index is 13.1. The zero-order chi connectivity index (χ0) is 73.2. The second-order valence-electron chi connectivity index (χ2n) is 29.2. The minimum Gasteiger partial charge on any atom is -0.462 e. The van der Waals surface area contributed by atoms with Crippen LogP contribution in [0.4, 0.5) is 0 Å². The summed E-state index contributed by atoms with van der Waals surface area (Å²) < 4.78 is 68.7. The van der Waals surface area contributed by atoms with Gasteiger partial charge in [0.2, 0.25) is 0 Å². The number of hydrogen-bond acceptors (Lipinski definition) is 15. The van der Waals surface area contributed by atoms with Gasteiger partial charge in [0.1, 0.15) is 19.3 Å². The Balaban J connectivity index is 5.20. The number of phosphoric acid groups is 2. The fraction of sp³-hybridized carbons (Fsp3) is 0.951. The molecule has 0 spiro atoms. The van der Waals surface area contributed by atoms with Crippen molar-refractivity contribution in [3.8, 4) is 0 Å². The Morgan fingerprint density at radius 2 is 0.400 bits per heavy atom. The molecule has 0 aliphatic heterocycles. The van der Waals surface area contributed by atoms with Crippen LogP contribution in [0.1, 0.15) is 439 Å². The zero-order valence-electron chi connectivity index (χ0n) is 65.2. The number of rotatable bonds is 82. The zero-order valence-corrected chi connectivity index (χ0v) is 67.0. The van der Waals surface area contributed by atoms with E-state index in [-0.39, 0.29) is 25.7 Å². The first-order valence-electron chi connectivity index (χ1n) is 42.3. The number of hydrogen-bond donors (Lipinski definition) is 3. The van der Waals surface area contributed by atoms with Crippen molar-refractivity contribution in [1.82, 2.24) is 0 Å². The molecule has 0 heterocycles. The third-order valence-electron chi connectivity index (χ3n) is 19.1. The molecule has 0 radical (unpaired) electrons. The summed E-state index contributed by atoms with van der Waals surface area (Å²) in [6, 6.07) is 0. The molecule has 100 heavy (non-hydrogen) atoms. The monoisotopic (exact) mass is 1470 g/mol. The van der Waals surface area contributed by atoms with E-state index < -0.39 is 97.5 Å². The van der Waals surface area contributed by atoms with E-state index in [4.69, 9.17) is 37.0 Å². The Kier molecular flexibility index (Phi) is 73.8. The molecule has 5 atom stereocenters. The molecule has 0 rings (SSSR count). The summed E-state index contributed by atoms with van der Waals surface area (Å²) in [4.78, 5) is 73.0. The van der Waals surface area contributed by atoms with Crippen molar-refractivity contribution >= 4 is 39.5 Å². The van der Waals surface area contributed by atoms with Crippen molar-refractivity contribution in [2.24, 2.45) is 0 Å². The summed E-state index contributed by atoms with van der Waals surface area (Å²) in [6.07, 6.45) is 68.0. The van der Waals surface area contributed by atoms with Crippen molar-refractivity contribution in [3.05, 3.63) is 0 Å². The molecule has 0 saturated carbocycles. The summed E-state index contributed by atoms with van der Waals surface area (Å²) in [5.41, 5.74) is 0. The molecule has 0 fully saturated rings. The van der Waals surface area contributed by atoms with Gasteiger partial charge in [-0.15, -0.1) is 0 Å². The molecule has 0 saturated heterocycles. The first-order valence-corrected chi connectivity index (χ1v) is 45.3. The fourth-order valence-corrected chi connectivity index (χ4v) is 14.2. The summed E-state index contributed by atoms with van der Waals surface area (Å²) in [5, 5.41) is 10.6. The van der Waals surface area contributed by atoms with Gasteiger partial charge in [-0.1, -0.05) is 387 Å². The van der Waals surface area contributed by atoms with Crippen LogP contribution in [0.2, 0.25) is 0 Å². The average Bonchev–Trinajstić information content (AvgIpc) is 0.954. The molecule has 0 aliphatic carbocycles. The lowest BCUT2D eigenvalue weighted by atomic mass is 10.0. The predicted molar refractivity (Wildman–Crippen MR) is 409 cm³/mol. The van der Waals surface area contributed by atoms with Crippen LogP contribution in [0.25, 0.3) is 0 Å². The number of ether oxygens (including phenoxy) is 4. The highest BCUT2D eigenvalue weighted by molar-refractivity contribution is 7.47. The van der Waals surface area contributed by atoms with Crippen LogP contribution in [0.15, 0.2) is 0 Å². The van der Waals surface area contributed by atoms with Crippen LogP contribution in [-0.4, -0.2) is 96.7 Å². The molecule has 17 nitrogen and oxygen atoms in total. The summed E-state index contributed by atoms with van der Waals surface area (Å²) in [6.45, 7) is 5.01. The second kappa shape index (κ2) is 75.3. The van der Waals surface area contributed by atoms with Crippen LogP contribution in [0.5, 0.6) is 0 Å². The number of carbonyl (C=O) groups excluding carboxylic acids is 4. The van der Waals surface area contributed by atoms with Gasteiger partial charge in [-0.3, -0.25) is 37.3 Å². The molecule has 594 valence electrons. The Labute approximate surface area is 613 Å². The highest BCUT2D eigenvalue weighted by Crippen LogP contribution is 2.45. The van der Waals surface area contributed by atoms with Crippen LogP contribution >= 0.6 is 15.6 Å². The fourth-order valence-electron chi connectivity index (χ4n) is 12.6. The second-order valence-corrected chi connectivity index (χ2v) is 32.1. The topological polar surface area (TPSA) is 237 Å². The van der Waals surface area contributed by atoms with Gasteiger partial charge in [0.15, 0.2) is 12.2 Å². The van der Waals surface area contributed by atoms with Crippen molar-refractivity contribution in [2.75, 3.05) is 39.6 Å². The lowest BCUT2D eigenvalue weighted by Crippen LogP contribution is -2.30. The molecule has 0 bridgehead atoms. The number of aliphatic hydroxyl groups excluding tert-OH is 1. The number of unbranched alkanes of at least 4 members (excludes halogenated alkanes) is 56. The van der Waals surface area contributed by atoms with Crippen LogP contribution < -0.4 is 0 Å². The third kappa shape index (κ3) is 74.3. The van der Waals surface area contributed by atoms with E-state index in [9.17, 15) is 43.2 Å². The summed E-state index contributed by atoms with van der Waals surface area (Å²) >= 11 is 0. The molecule has 0 aromatic rings. The first kappa shape index (κ1) is 98.1. The van der Waals surface area contributed by atoms with E-state index in [1.807, 2.05) is 0 Å². The molecule has 0 aromatic heterocycles. The third-order valence-corrected chi connectivity index (χ3v) is 21.0. The van der Waals surface area contributed by atoms with Crippen LogP contribution in [0, 0.1) is 0 Å². The largest absolute Gasteiger partial charge is 0.472 e. The Hall–Kier alpha value is -1.94. The number of aliphatic hydroxyl groups is 1. The van der Waals surface area contributed by atoms with E-state index in [2.05, 4.69) is 27.7 Å². The maximum Gasteiger partial charge on any atom is 0.472 e. The minimum atomic E-state index is -4.96. The Morgan fingerprint density at radius 1 is 0.240 bits per heavy atom. The normalized spacial score (nSPS) is 13.8. The van der Waals surface area contributed by atoms with Crippen molar-refractivity contribution in [1.29, 1.82) is 0 Å². The van der Waals surface area contributed by atoms with Crippen LogP contribution in [0.3, 0.4) is 0 Å². The van der Waals surface area contributed by atoms with Gasteiger partial charge in [-0.25, -0.2) is 9.13 Å². The number of carbonyl (C=O) groups is 4. The number of esters is 4. The van der Waals surface area contributed by atoms with E-state index in [0.29, 0.717) is 25.7 Å². The van der Waals surface area contributed by atoms with Crippen molar-refractivity contribution in [3.63, 3.8) is 0 Å². The quantitative estimate of drug-likeness (QED) is 0.0222. The van der Waals surface area contributed by atoms with E-state index >= 15 is 0 Å². The Morgan fingerprint density at radius 3 is 0.590 bits per heavy atom. The summed E-state index contributed by atoms with van der Waals surface area (Å²) in [5.74, 6) is -2.11. The average molecular weight is 1470 g/mol. The lowest BCUT2D eigenvalue weighted by Gasteiger charge is -2.21. The summed E-state index contributed by atoms with van der Waals surface area (Å²) in [7, 11) is -9.91. The maximum absolute atomic E-state index is 13.1. The van der Waals surface area contributed by atoms with Gasteiger partial charge in [-0.05, 0) is 25.7 Å². The van der Waals surface area contributed by atoms with Gasteiger partial charge in [0.25, 0.3) is 0 Å². The van der Waals surface area contributed by atoms with Crippen molar-refractivity contribution < 1.29 is 80.2 Å². The molecule has 3 N–H and O–H groups in total. The van der Waals surface area contributed by atoms with E-state index in [1.54, 1.807) is 0 Å². The van der Waals surface area contributed by atoms with E-state index in [0.717, 1.165) is 89.9 Å². The molecule has 2 unspecified atom stereocenters. The minimum absolute atomic E-state index is 0.108. The van der Waals surface area contributed by atoms with Gasteiger partial charge >= 0.3 is 39.5 Å². The highest BCUT2D eigenvalue weighted by atomic mass is 31.2. The van der Waals surface area contributed by atoms with Crippen molar-refractivity contribution in [2.45, 2.75) is 457 Å². The van der Waals surface area contributed by atoms with Gasteiger partial charge in [0.05, 0.1) is 26.4 Å². The molecule has 19 heteroatoms. The SMILES string of the molecule is CCCCCCCCCCCCCCCCCCCCCCC(=O)O[C@H](COC(=O)CCCCCCCCCCCCCCCCCCCC)COP(=O)(O)OC[C@@H](O)COP(=O)(O)OC[C@@H](COC(=O)CCCCCCCCCCC)OC(=O)CCCCCCCCCCCCCCC. The molecular formula is C81H158O17P2. The Bertz CT molecular complexity index is 1890. The van der Waals surface area contributed by atoms with Gasteiger partial charge in [-0.2, -0.15) is 0 Å². The van der Waals surface area contributed by atoms with E-state index in [1.165, 1.54) is 270 Å². The van der Waals surface area contributed by atoms with Gasteiger partial charge < -0.3 is 33.8 Å². The predicted octanol–water partition coefficient (Wildman–Crippen LogP) is 24.6. The molecule has 0 amide bonds. The standard InChI is InChI=1S/C81H158O17P2/c1-5-9-13-17-21-25-28-31-33-35-37-38-40-42-45-48-52-56-60-64-68-81(86)98-77(72-92-79(84)66-62-58-54-50-46-44-41-39-36-34-32-29-26-22-18-14-10-6-2)74-96-100(89,90)94-70-75(82)69-93-99(87,88)95-73-76(71-91-78(83)65-61-57-53-49-24-20-16-12-8-4)97-80(85)67-63-59-55-51-47-43-30-27-23-19-15-11-7-3/h75-77,82H,5-74H2,1-4H3,(H,87,88)(H,89,90)/t75-,76+,77+/m0/s1. The van der Waals surface area contributed by atoms with Crippen LogP contribution in [-0.2, 0) is 65.4 Å². The lowest BCUT2D eigenvalue weighted by molar-refractivity contribution is -0.161. The smallest absolute Gasteiger partial charge is 0.462 e. The first-order chi connectivity index (χ1) is 48.7. The van der Waals surface area contributed by atoms with Gasteiger partial charge in [0, 0.05) is 25.7 Å². The molecule has 0 aliphatic rings. The molecular weight excluding hydrogens is 1310 g/mol.